The maximum Gasteiger partial charge on any atom is 0.293 e. The van der Waals surface area contributed by atoms with E-state index in [0.717, 1.165) is 11.1 Å². The van der Waals surface area contributed by atoms with Crippen molar-refractivity contribution in [1.82, 2.24) is 4.57 Å². The molecule has 0 aliphatic rings. The van der Waals surface area contributed by atoms with Crippen molar-refractivity contribution in [1.29, 1.82) is 0 Å². The maximum atomic E-state index is 12.3. The number of hydrogen-bond donors (Lipinski definition) is 1. The molecule has 0 aliphatic heterocycles. The first-order valence-electron chi connectivity index (χ1n) is 7.20. The van der Waals surface area contributed by atoms with E-state index in [1.165, 1.54) is 0 Å². The Bertz CT molecular complexity index is 630. The lowest BCUT2D eigenvalue weighted by Crippen LogP contribution is -2.22. The highest BCUT2D eigenvalue weighted by Crippen LogP contribution is 2.08. The summed E-state index contributed by atoms with van der Waals surface area (Å²) < 4.78 is 7.22. The molecule has 0 atom stereocenters. The molecule has 1 aromatic heterocycles. The third-order valence-corrected chi connectivity index (χ3v) is 3.17. The molecule has 0 radical (unpaired) electrons. The normalized spacial score (nSPS) is 10.9. The predicted octanol–water partition coefficient (Wildman–Crippen LogP) is 2.39. The second-order valence-corrected chi connectivity index (χ2v) is 5.53. The Balaban J connectivity index is 2.15. The Morgan fingerprint density at radius 1 is 1.14 bits per heavy atom. The first-order valence-corrected chi connectivity index (χ1v) is 7.20. The maximum absolute atomic E-state index is 12.3. The third-order valence-electron chi connectivity index (χ3n) is 3.17. The number of benzene rings is 1. The van der Waals surface area contributed by atoms with Gasteiger partial charge >= 0.3 is 0 Å². The molecule has 2 rings (SSSR count). The van der Waals surface area contributed by atoms with Gasteiger partial charge in [0.05, 0.1) is 13.2 Å². The average Bonchev–Trinajstić information content (AvgIpc) is 2.49. The minimum atomic E-state index is -0.0962. The van der Waals surface area contributed by atoms with Crippen LogP contribution < -0.4 is 16.0 Å². The van der Waals surface area contributed by atoms with E-state index in [2.05, 4.69) is 13.8 Å². The number of nitrogens with zero attached hydrogens (tertiary/aromatic N) is 1. The van der Waals surface area contributed by atoms with Gasteiger partial charge in [0, 0.05) is 12.7 Å². The third kappa shape index (κ3) is 4.20. The Morgan fingerprint density at radius 3 is 2.43 bits per heavy atom. The summed E-state index contributed by atoms with van der Waals surface area (Å²) in [6, 6.07) is 11.5. The second kappa shape index (κ2) is 7.09. The van der Waals surface area contributed by atoms with Crippen LogP contribution in [0.5, 0.6) is 5.75 Å². The fourth-order valence-corrected chi connectivity index (χ4v) is 1.98. The van der Waals surface area contributed by atoms with Crippen molar-refractivity contribution in [2.45, 2.75) is 26.9 Å². The van der Waals surface area contributed by atoms with Crippen LogP contribution in [0, 0.1) is 5.92 Å². The minimum absolute atomic E-state index is 0.0962. The van der Waals surface area contributed by atoms with Gasteiger partial charge in [0.15, 0.2) is 5.75 Å². The number of nitrogens with two attached hydrogens (primary N) is 1. The molecule has 21 heavy (non-hydrogen) atoms. The SMILES string of the molecule is CC(C)COc1cccn(Cc2ccc(CN)cc2)c1=O. The van der Waals surface area contributed by atoms with E-state index < -0.39 is 0 Å². The highest BCUT2D eigenvalue weighted by molar-refractivity contribution is 5.24. The molecule has 2 aromatic rings. The molecule has 0 saturated heterocycles. The van der Waals surface area contributed by atoms with Crippen LogP contribution >= 0.6 is 0 Å². The number of rotatable bonds is 6. The van der Waals surface area contributed by atoms with Crippen LogP contribution in [0.25, 0.3) is 0 Å². The lowest BCUT2D eigenvalue weighted by Gasteiger charge is -2.11. The van der Waals surface area contributed by atoms with Crippen molar-refractivity contribution in [3.8, 4) is 5.75 Å². The lowest BCUT2D eigenvalue weighted by molar-refractivity contribution is 0.266. The summed E-state index contributed by atoms with van der Waals surface area (Å²) in [5.74, 6) is 0.798. The van der Waals surface area contributed by atoms with Crippen LogP contribution in [0.4, 0.5) is 0 Å². The van der Waals surface area contributed by atoms with E-state index >= 15 is 0 Å². The zero-order valence-corrected chi connectivity index (χ0v) is 12.6. The van der Waals surface area contributed by atoms with Gasteiger partial charge in [-0.25, -0.2) is 0 Å². The van der Waals surface area contributed by atoms with E-state index in [-0.39, 0.29) is 5.56 Å². The molecule has 2 N–H and O–H groups in total. The first kappa shape index (κ1) is 15.3. The van der Waals surface area contributed by atoms with Gasteiger partial charge in [0.2, 0.25) is 0 Å². The molecular formula is C17H22N2O2. The summed E-state index contributed by atoms with van der Waals surface area (Å²) in [7, 11) is 0. The molecule has 0 unspecified atom stereocenters. The number of ether oxygens (including phenoxy) is 1. The molecule has 0 amide bonds. The van der Waals surface area contributed by atoms with Gasteiger partial charge in [-0.15, -0.1) is 0 Å². The van der Waals surface area contributed by atoms with Crippen molar-refractivity contribution in [3.05, 3.63) is 64.1 Å². The van der Waals surface area contributed by atoms with Crippen LogP contribution in [0.15, 0.2) is 47.4 Å². The Hall–Kier alpha value is -2.07. The van der Waals surface area contributed by atoms with Crippen LogP contribution in [0.1, 0.15) is 25.0 Å². The summed E-state index contributed by atoms with van der Waals surface area (Å²) in [6.45, 7) is 5.71. The fraction of sp³-hybridized carbons (Fsp3) is 0.353. The zero-order chi connectivity index (χ0) is 15.2. The van der Waals surface area contributed by atoms with Gasteiger partial charge in [-0.1, -0.05) is 38.1 Å². The zero-order valence-electron chi connectivity index (χ0n) is 12.6. The Kier molecular flexibility index (Phi) is 5.17. The molecule has 0 spiro atoms. The number of hydrogen-bond acceptors (Lipinski definition) is 3. The highest BCUT2D eigenvalue weighted by Gasteiger charge is 2.06. The van der Waals surface area contributed by atoms with Gasteiger partial charge in [-0.3, -0.25) is 4.79 Å². The first-order chi connectivity index (χ1) is 10.1. The van der Waals surface area contributed by atoms with Crippen LogP contribution in [0.2, 0.25) is 0 Å². The molecule has 1 heterocycles. The molecular weight excluding hydrogens is 264 g/mol. The quantitative estimate of drug-likeness (QED) is 0.887. The summed E-state index contributed by atoms with van der Waals surface area (Å²) in [6.07, 6.45) is 1.78. The van der Waals surface area contributed by atoms with Crippen LogP contribution in [-0.2, 0) is 13.1 Å². The van der Waals surface area contributed by atoms with E-state index in [1.54, 1.807) is 16.8 Å². The molecule has 1 aromatic carbocycles. The highest BCUT2D eigenvalue weighted by atomic mass is 16.5. The Morgan fingerprint density at radius 2 is 1.81 bits per heavy atom. The van der Waals surface area contributed by atoms with Crippen molar-refractivity contribution in [3.63, 3.8) is 0 Å². The molecule has 4 heteroatoms. The summed E-state index contributed by atoms with van der Waals surface area (Å²) in [5.41, 5.74) is 7.63. The molecule has 0 bridgehead atoms. The minimum Gasteiger partial charge on any atom is -0.488 e. The van der Waals surface area contributed by atoms with E-state index in [9.17, 15) is 4.79 Å². The van der Waals surface area contributed by atoms with Crippen molar-refractivity contribution >= 4 is 0 Å². The van der Waals surface area contributed by atoms with Gasteiger partial charge in [-0.2, -0.15) is 0 Å². The topological polar surface area (TPSA) is 57.2 Å². The summed E-state index contributed by atoms with van der Waals surface area (Å²) >= 11 is 0. The largest absolute Gasteiger partial charge is 0.488 e. The van der Waals surface area contributed by atoms with Crippen LogP contribution in [-0.4, -0.2) is 11.2 Å². The fourth-order valence-electron chi connectivity index (χ4n) is 1.98. The average molecular weight is 286 g/mol. The molecule has 4 nitrogen and oxygen atoms in total. The lowest BCUT2D eigenvalue weighted by atomic mass is 10.1. The molecule has 112 valence electrons. The van der Waals surface area contributed by atoms with E-state index in [4.69, 9.17) is 10.5 Å². The van der Waals surface area contributed by atoms with Gasteiger partial charge < -0.3 is 15.0 Å². The molecule has 0 aliphatic carbocycles. The number of pyridine rings is 1. The Labute approximate surface area is 125 Å². The predicted molar refractivity (Wildman–Crippen MR) is 84.5 cm³/mol. The summed E-state index contributed by atoms with van der Waals surface area (Å²) in [5, 5.41) is 0. The molecule has 0 saturated carbocycles. The standard InChI is InChI=1S/C17H22N2O2/c1-13(2)12-21-16-4-3-9-19(17(16)20)11-15-7-5-14(10-18)6-8-15/h3-9,13H,10-12,18H2,1-2H3. The monoisotopic (exact) mass is 286 g/mol. The van der Waals surface area contributed by atoms with Crippen molar-refractivity contribution in [2.24, 2.45) is 11.7 Å². The van der Waals surface area contributed by atoms with Crippen molar-refractivity contribution in [2.75, 3.05) is 6.61 Å². The van der Waals surface area contributed by atoms with Crippen molar-refractivity contribution < 1.29 is 4.74 Å². The second-order valence-electron chi connectivity index (χ2n) is 5.53. The van der Waals surface area contributed by atoms with Gasteiger partial charge in [-0.05, 0) is 29.2 Å². The van der Waals surface area contributed by atoms with Gasteiger partial charge in [0.25, 0.3) is 5.56 Å². The van der Waals surface area contributed by atoms with E-state index in [0.29, 0.717) is 31.4 Å². The summed E-state index contributed by atoms with van der Waals surface area (Å²) in [4.78, 5) is 12.3. The molecule has 0 fully saturated rings. The van der Waals surface area contributed by atoms with E-state index in [1.807, 2.05) is 30.3 Å². The smallest absolute Gasteiger partial charge is 0.293 e. The van der Waals surface area contributed by atoms with Crippen LogP contribution in [0.3, 0.4) is 0 Å². The van der Waals surface area contributed by atoms with Gasteiger partial charge in [0.1, 0.15) is 0 Å². The number of aromatic nitrogens is 1.